The van der Waals surface area contributed by atoms with E-state index in [1.807, 2.05) is 0 Å². The molecule has 1 amide bonds. The van der Waals surface area contributed by atoms with Gasteiger partial charge in [-0.1, -0.05) is 23.2 Å². The van der Waals surface area contributed by atoms with Crippen LogP contribution in [0.4, 0.5) is 11.6 Å². The topological polar surface area (TPSA) is 80.0 Å². The molecule has 0 unspecified atom stereocenters. The zero-order valence-corrected chi connectivity index (χ0v) is 13.8. The molecular formula is C16H12Cl2N4O2. The largest absolute Gasteiger partial charge is 0.467 e. The highest BCUT2D eigenvalue weighted by atomic mass is 35.5. The monoisotopic (exact) mass is 362 g/mol. The minimum absolute atomic E-state index is 0.289. The van der Waals surface area contributed by atoms with Crippen LogP contribution in [-0.2, 0) is 6.54 Å². The van der Waals surface area contributed by atoms with E-state index in [2.05, 4.69) is 20.6 Å². The predicted octanol–water partition coefficient (Wildman–Crippen LogP) is 4.05. The third-order valence-electron chi connectivity index (χ3n) is 3.09. The summed E-state index contributed by atoms with van der Waals surface area (Å²) in [5.74, 6) is 0.698. The predicted molar refractivity (Wildman–Crippen MR) is 91.7 cm³/mol. The van der Waals surface area contributed by atoms with Crippen LogP contribution in [0.1, 0.15) is 16.1 Å². The Labute approximate surface area is 147 Å². The van der Waals surface area contributed by atoms with Crippen LogP contribution in [0.3, 0.4) is 0 Å². The number of rotatable bonds is 5. The lowest BCUT2D eigenvalue weighted by atomic mass is 10.3. The number of furan rings is 1. The van der Waals surface area contributed by atoms with Gasteiger partial charge in [-0.05, 0) is 30.3 Å². The summed E-state index contributed by atoms with van der Waals surface area (Å²) in [6, 6.07) is 8.57. The highest BCUT2D eigenvalue weighted by Gasteiger charge is 2.09. The lowest BCUT2D eigenvalue weighted by molar-refractivity contribution is 0.0947. The van der Waals surface area contributed by atoms with Gasteiger partial charge in [0.15, 0.2) is 0 Å². The van der Waals surface area contributed by atoms with Gasteiger partial charge in [0.2, 0.25) is 5.95 Å². The lowest BCUT2D eigenvalue weighted by Crippen LogP contribution is -2.23. The minimum Gasteiger partial charge on any atom is -0.467 e. The van der Waals surface area contributed by atoms with Crippen LogP contribution in [0.25, 0.3) is 0 Å². The maximum absolute atomic E-state index is 12.0. The Morgan fingerprint density at radius 3 is 2.62 bits per heavy atom. The molecule has 2 N–H and O–H groups in total. The lowest BCUT2D eigenvalue weighted by Gasteiger charge is -2.08. The van der Waals surface area contributed by atoms with Gasteiger partial charge in [-0.15, -0.1) is 0 Å². The first-order chi connectivity index (χ1) is 11.6. The van der Waals surface area contributed by atoms with Crippen LogP contribution in [0.2, 0.25) is 10.0 Å². The quantitative estimate of drug-likeness (QED) is 0.715. The Morgan fingerprint density at radius 1 is 1.17 bits per heavy atom. The number of anilines is 2. The first-order valence-corrected chi connectivity index (χ1v) is 7.72. The first-order valence-electron chi connectivity index (χ1n) is 6.96. The standard InChI is InChI=1S/C16H12Cl2N4O2/c17-11-3-4-14(13(18)6-11)22-16-20-7-10(8-21-16)15(23)19-9-12-2-1-5-24-12/h1-8H,9H2,(H,19,23)(H,20,21,22). The van der Waals surface area contributed by atoms with Crippen molar-refractivity contribution in [3.05, 3.63) is 70.4 Å². The number of nitrogens with zero attached hydrogens (tertiary/aromatic N) is 2. The molecule has 2 heterocycles. The second-order valence-corrected chi connectivity index (χ2v) is 5.65. The zero-order valence-electron chi connectivity index (χ0n) is 12.3. The molecule has 0 bridgehead atoms. The van der Waals surface area contributed by atoms with Crippen molar-refractivity contribution in [3.63, 3.8) is 0 Å². The molecule has 0 aliphatic rings. The molecule has 3 rings (SSSR count). The van der Waals surface area contributed by atoms with E-state index >= 15 is 0 Å². The van der Waals surface area contributed by atoms with E-state index in [9.17, 15) is 4.79 Å². The Balaban J connectivity index is 1.63. The van der Waals surface area contributed by atoms with Crippen LogP contribution in [0.15, 0.2) is 53.4 Å². The summed E-state index contributed by atoms with van der Waals surface area (Å²) in [6.07, 6.45) is 4.40. The number of aromatic nitrogens is 2. The van der Waals surface area contributed by atoms with E-state index in [0.717, 1.165) is 0 Å². The number of hydrogen-bond donors (Lipinski definition) is 2. The van der Waals surface area contributed by atoms with Crippen LogP contribution < -0.4 is 10.6 Å². The third kappa shape index (κ3) is 4.04. The first kappa shape index (κ1) is 16.3. The summed E-state index contributed by atoms with van der Waals surface area (Å²) in [4.78, 5) is 20.2. The number of carbonyl (C=O) groups is 1. The molecule has 122 valence electrons. The maximum atomic E-state index is 12.0. The van der Waals surface area contributed by atoms with E-state index in [-0.39, 0.29) is 5.91 Å². The summed E-state index contributed by atoms with van der Waals surface area (Å²) in [5.41, 5.74) is 0.963. The molecule has 0 aliphatic heterocycles. The fourth-order valence-electron chi connectivity index (χ4n) is 1.90. The molecule has 0 atom stereocenters. The highest BCUT2D eigenvalue weighted by Crippen LogP contribution is 2.27. The molecule has 3 aromatic rings. The van der Waals surface area contributed by atoms with Crippen molar-refractivity contribution in [2.75, 3.05) is 5.32 Å². The SMILES string of the molecule is O=C(NCc1ccco1)c1cnc(Nc2ccc(Cl)cc2Cl)nc1. The number of carbonyl (C=O) groups excluding carboxylic acids is 1. The second-order valence-electron chi connectivity index (χ2n) is 4.81. The van der Waals surface area contributed by atoms with Gasteiger partial charge in [-0.2, -0.15) is 0 Å². The van der Waals surface area contributed by atoms with E-state index in [4.69, 9.17) is 27.6 Å². The minimum atomic E-state index is -0.289. The molecule has 0 aliphatic carbocycles. The van der Waals surface area contributed by atoms with Crippen molar-refractivity contribution in [1.82, 2.24) is 15.3 Å². The molecule has 6 nitrogen and oxygen atoms in total. The van der Waals surface area contributed by atoms with Crippen LogP contribution in [-0.4, -0.2) is 15.9 Å². The van der Waals surface area contributed by atoms with Crippen LogP contribution in [0.5, 0.6) is 0 Å². The van der Waals surface area contributed by atoms with Crippen molar-refractivity contribution in [2.24, 2.45) is 0 Å². The van der Waals surface area contributed by atoms with Gasteiger partial charge >= 0.3 is 0 Å². The average molecular weight is 363 g/mol. The van der Waals surface area contributed by atoms with E-state index < -0.39 is 0 Å². The van der Waals surface area contributed by atoms with Crippen LogP contribution in [0, 0.1) is 0 Å². The summed E-state index contributed by atoms with van der Waals surface area (Å²) >= 11 is 11.9. The summed E-state index contributed by atoms with van der Waals surface area (Å²) in [6.45, 7) is 0.298. The van der Waals surface area contributed by atoms with Gasteiger partial charge in [-0.25, -0.2) is 9.97 Å². The molecule has 0 saturated carbocycles. The summed E-state index contributed by atoms with van der Waals surface area (Å²) in [5, 5.41) is 6.66. The summed E-state index contributed by atoms with van der Waals surface area (Å²) < 4.78 is 5.15. The molecule has 1 aromatic carbocycles. The Hall–Kier alpha value is -2.57. The highest BCUT2D eigenvalue weighted by molar-refractivity contribution is 6.36. The fraction of sp³-hybridized carbons (Fsp3) is 0.0625. The third-order valence-corrected chi connectivity index (χ3v) is 3.64. The average Bonchev–Trinajstić information content (AvgIpc) is 3.09. The normalized spacial score (nSPS) is 10.4. The Morgan fingerprint density at radius 2 is 1.96 bits per heavy atom. The van der Waals surface area contributed by atoms with Crippen molar-refractivity contribution in [1.29, 1.82) is 0 Å². The number of amides is 1. The second kappa shape index (κ2) is 7.33. The smallest absolute Gasteiger partial charge is 0.254 e. The summed E-state index contributed by atoms with van der Waals surface area (Å²) in [7, 11) is 0. The Bertz CT molecular complexity index is 836. The molecule has 2 aromatic heterocycles. The number of halogens is 2. The maximum Gasteiger partial charge on any atom is 0.254 e. The molecule has 8 heteroatoms. The molecule has 24 heavy (non-hydrogen) atoms. The van der Waals surface area contributed by atoms with Gasteiger partial charge in [0.25, 0.3) is 5.91 Å². The number of hydrogen-bond acceptors (Lipinski definition) is 5. The molecule has 0 radical (unpaired) electrons. The van der Waals surface area contributed by atoms with Crippen LogP contribution >= 0.6 is 23.2 Å². The van der Waals surface area contributed by atoms with Crippen molar-refractivity contribution < 1.29 is 9.21 Å². The Kier molecular flexibility index (Phi) is 4.98. The number of benzene rings is 1. The zero-order chi connectivity index (χ0) is 16.9. The van der Waals surface area contributed by atoms with E-state index in [1.165, 1.54) is 12.4 Å². The van der Waals surface area contributed by atoms with Crippen molar-refractivity contribution >= 4 is 40.7 Å². The van der Waals surface area contributed by atoms with Gasteiger partial charge in [0, 0.05) is 17.4 Å². The van der Waals surface area contributed by atoms with Crippen molar-refractivity contribution in [2.45, 2.75) is 6.54 Å². The van der Waals surface area contributed by atoms with E-state index in [1.54, 1.807) is 36.6 Å². The molecular weight excluding hydrogens is 351 g/mol. The molecule has 0 spiro atoms. The fourth-order valence-corrected chi connectivity index (χ4v) is 2.36. The number of nitrogens with one attached hydrogen (secondary N) is 2. The van der Waals surface area contributed by atoms with Crippen molar-refractivity contribution in [3.8, 4) is 0 Å². The van der Waals surface area contributed by atoms with Gasteiger partial charge in [-0.3, -0.25) is 4.79 Å². The van der Waals surface area contributed by atoms with Gasteiger partial charge in [0.1, 0.15) is 5.76 Å². The van der Waals surface area contributed by atoms with Gasteiger partial charge < -0.3 is 15.1 Å². The molecule has 0 saturated heterocycles. The molecule has 0 fully saturated rings. The van der Waals surface area contributed by atoms with Gasteiger partial charge in [0.05, 0.1) is 29.1 Å². The van der Waals surface area contributed by atoms with E-state index in [0.29, 0.717) is 39.5 Å².